The molecule has 4 nitrogen and oxygen atoms in total. The van der Waals surface area contributed by atoms with Crippen molar-refractivity contribution in [2.45, 2.75) is 13.3 Å². The van der Waals surface area contributed by atoms with Crippen molar-refractivity contribution >= 4 is 27.5 Å². The molecular weight excluding hydrogens is 358 g/mol. The molecule has 0 unspecified atom stereocenters. The van der Waals surface area contributed by atoms with Gasteiger partial charge in [0.2, 0.25) is 0 Å². The summed E-state index contributed by atoms with van der Waals surface area (Å²) in [5, 5.41) is 2.85. The molecule has 1 aromatic rings. The van der Waals surface area contributed by atoms with Crippen molar-refractivity contribution in [1.29, 1.82) is 0 Å². The molecule has 0 saturated carbocycles. The Morgan fingerprint density at radius 3 is 2.67 bits per heavy atom. The fraction of sp³-hybridized carbons (Fsp3) is 0.600. The van der Waals surface area contributed by atoms with Gasteiger partial charge in [-0.3, -0.25) is 0 Å². The topological polar surface area (TPSA) is 44.3 Å². The lowest BCUT2D eigenvalue weighted by molar-refractivity contribution is -0.656. The monoisotopic (exact) mass is 380 g/mol. The Hall–Kier alpha value is -0.330. The molecule has 0 aromatic heterocycles. The van der Waals surface area contributed by atoms with E-state index in [9.17, 15) is 0 Å². The van der Waals surface area contributed by atoms with Gasteiger partial charge >= 0.3 is 0 Å². The average molecular weight is 382 g/mol. The molecule has 0 fully saturated rings. The van der Waals surface area contributed by atoms with Crippen molar-refractivity contribution in [3.63, 3.8) is 0 Å². The van der Waals surface area contributed by atoms with Crippen molar-refractivity contribution in [2.24, 2.45) is 0 Å². The molecule has 6 heteroatoms. The third kappa shape index (κ3) is 8.02. The molecule has 1 aromatic carbocycles. The van der Waals surface area contributed by atoms with Crippen LogP contribution in [0.15, 0.2) is 16.6 Å². The fourth-order valence-electron chi connectivity index (χ4n) is 1.81. The molecule has 0 aliphatic rings. The number of hydrogen-bond donors (Lipinski definition) is 1. The Balaban J connectivity index is 2.07. The predicted molar refractivity (Wildman–Crippen MR) is 88.4 cm³/mol. The Kier molecular flexibility index (Phi) is 10.0. The summed E-state index contributed by atoms with van der Waals surface area (Å²) in [4.78, 5) is 0. The molecule has 0 radical (unpaired) electrons. The van der Waals surface area contributed by atoms with E-state index in [4.69, 9.17) is 25.8 Å². The summed E-state index contributed by atoms with van der Waals surface area (Å²) in [7, 11) is 1.72. The Morgan fingerprint density at radius 1 is 1.14 bits per heavy atom. The zero-order chi connectivity index (χ0) is 15.5. The van der Waals surface area contributed by atoms with Crippen molar-refractivity contribution < 1.29 is 19.5 Å². The van der Waals surface area contributed by atoms with Gasteiger partial charge in [0.25, 0.3) is 0 Å². The zero-order valence-corrected chi connectivity index (χ0v) is 15.0. The number of halogens is 2. The molecule has 0 aliphatic heterocycles. The highest BCUT2D eigenvalue weighted by atomic mass is 79.9. The van der Waals surface area contributed by atoms with Crippen LogP contribution in [-0.4, -0.2) is 46.6 Å². The third-order valence-corrected chi connectivity index (χ3v) is 3.71. The van der Waals surface area contributed by atoms with Crippen LogP contribution in [0.25, 0.3) is 0 Å². The minimum Gasteiger partial charge on any atom is -0.488 e. The van der Waals surface area contributed by atoms with Crippen LogP contribution in [0.2, 0.25) is 5.02 Å². The predicted octanol–water partition coefficient (Wildman–Crippen LogP) is 2.41. The maximum Gasteiger partial charge on any atom is 0.152 e. The fourth-order valence-corrected chi connectivity index (χ4v) is 2.94. The van der Waals surface area contributed by atoms with Crippen LogP contribution in [0, 0.1) is 6.92 Å². The van der Waals surface area contributed by atoms with Crippen molar-refractivity contribution in [2.75, 3.05) is 46.6 Å². The molecule has 120 valence electrons. The molecule has 0 bridgehead atoms. The summed E-state index contributed by atoms with van der Waals surface area (Å²) in [5.74, 6) is 0.678. The van der Waals surface area contributed by atoms with E-state index >= 15 is 0 Å². The molecule has 0 saturated heterocycles. The minimum atomic E-state index is 0.491. The highest BCUT2D eigenvalue weighted by Crippen LogP contribution is 2.34. The van der Waals surface area contributed by atoms with Crippen LogP contribution >= 0.6 is 27.5 Å². The van der Waals surface area contributed by atoms with Gasteiger partial charge in [0.15, 0.2) is 5.75 Å². The van der Waals surface area contributed by atoms with Crippen molar-refractivity contribution in [1.82, 2.24) is 0 Å². The normalized spacial score (nSPS) is 10.9. The maximum absolute atomic E-state index is 6.15. The second-order valence-electron chi connectivity index (χ2n) is 4.73. The number of methoxy groups -OCH3 is 1. The number of nitrogens with two attached hydrogens (primary N) is 1. The van der Waals surface area contributed by atoms with Gasteiger partial charge in [-0.25, -0.2) is 0 Å². The van der Waals surface area contributed by atoms with E-state index in [0.29, 0.717) is 24.0 Å². The molecule has 0 aliphatic carbocycles. The maximum atomic E-state index is 6.15. The van der Waals surface area contributed by atoms with E-state index in [1.54, 1.807) is 7.11 Å². The van der Waals surface area contributed by atoms with Gasteiger partial charge in [-0.2, -0.15) is 0 Å². The van der Waals surface area contributed by atoms with Crippen LogP contribution in [0.4, 0.5) is 0 Å². The molecule has 0 atom stereocenters. The summed E-state index contributed by atoms with van der Waals surface area (Å²) in [6.45, 7) is 6.61. The molecule has 21 heavy (non-hydrogen) atoms. The summed E-state index contributed by atoms with van der Waals surface area (Å²) in [5.41, 5.74) is 1.10. The van der Waals surface area contributed by atoms with E-state index in [0.717, 1.165) is 42.8 Å². The van der Waals surface area contributed by atoms with Crippen LogP contribution in [0.5, 0.6) is 5.75 Å². The summed E-state index contributed by atoms with van der Waals surface area (Å²) < 4.78 is 17.0. The number of hydrogen-bond acceptors (Lipinski definition) is 3. The van der Waals surface area contributed by atoms with Crippen LogP contribution < -0.4 is 10.1 Å². The van der Waals surface area contributed by atoms with Gasteiger partial charge in [0, 0.05) is 13.5 Å². The number of aryl methyl sites for hydroxylation is 1. The van der Waals surface area contributed by atoms with E-state index in [2.05, 4.69) is 21.2 Å². The largest absolute Gasteiger partial charge is 0.488 e. The molecule has 0 heterocycles. The lowest BCUT2D eigenvalue weighted by Crippen LogP contribution is -2.85. The van der Waals surface area contributed by atoms with Gasteiger partial charge in [-0.15, -0.1) is 0 Å². The third-order valence-electron chi connectivity index (χ3n) is 2.84. The first-order valence-electron chi connectivity index (χ1n) is 7.12. The van der Waals surface area contributed by atoms with Crippen LogP contribution in [0.1, 0.15) is 12.0 Å². The van der Waals surface area contributed by atoms with E-state index in [1.165, 1.54) is 0 Å². The number of rotatable bonds is 11. The van der Waals surface area contributed by atoms with E-state index in [-0.39, 0.29) is 0 Å². The first-order valence-corrected chi connectivity index (χ1v) is 8.29. The van der Waals surface area contributed by atoms with Crippen LogP contribution in [-0.2, 0) is 9.47 Å². The molecule has 0 spiro atoms. The summed E-state index contributed by atoms with van der Waals surface area (Å²) in [6.07, 6.45) is 1.07. The number of benzene rings is 1. The van der Waals surface area contributed by atoms with Crippen molar-refractivity contribution in [3.8, 4) is 5.75 Å². The van der Waals surface area contributed by atoms with Gasteiger partial charge in [0.1, 0.15) is 6.61 Å². The highest BCUT2D eigenvalue weighted by Gasteiger charge is 2.07. The first kappa shape index (κ1) is 18.7. The Morgan fingerprint density at radius 2 is 1.95 bits per heavy atom. The summed E-state index contributed by atoms with van der Waals surface area (Å²) in [6, 6.07) is 3.87. The smallest absolute Gasteiger partial charge is 0.152 e. The van der Waals surface area contributed by atoms with Gasteiger partial charge in [-0.05, 0) is 40.5 Å². The zero-order valence-electron chi connectivity index (χ0n) is 12.7. The summed E-state index contributed by atoms with van der Waals surface area (Å²) >= 11 is 9.60. The second-order valence-corrected chi connectivity index (χ2v) is 5.99. The van der Waals surface area contributed by atoms with Gasteiger partial charge < -0.3 is 19.5 Å². The highest BCUT2D eigenvalue weighted by molar-refractivity contribution is 9.10. The Bertz CT molecular complexity index is 395. The van der Waals surface area contributed by atoms with E-state index < -0.39 is 0 Å². The molecule has 2 N–H and O–H groups in total. The van der Waals surface area contributed by atoms with Gasteiger partial charge in [-0.1, -0.05) is 11.6 Å². The Labute approximate surface area is 140 Å². The van der Waals surface area contributed by atoms with Crippen LogP contribution in [0.3, 0.4) is 0 Å². The van der Waals surface area contributed by atoms with Gasteiger partial charge in [0.05, 0.1) is 42.4 Å². The number of ether oxygens (including phenoxy) is 3. The number of quaternary nitrogens is 1. The quantitative estimate of drug-likeness (QED) is 0.599. The lowest BCUT2D eigenvalue weighted by Gasteiger charge is -2.11. The molecular formula is C15H24BrClNO3+. The molecule has 1 rings (SSSR count). The standard InChI is InChI=1S/C15H23BrClNO3/c1-12-10-13(16)15(14(17)11-12)21-9-8-20-7-5-18-4-3-6-19-2/h10-11,18H,3-9H2,1-2H3/p+1. The minimum absolute atomic E-state index is 0.491. The molecule has 0 amide bonds. The SMILES string of the molecule is COCCC[NH2+]CCOCCOc1c(Cl)cc(C)cc1Br. The first-order chi connectivity index (χ1) is 10.1. The average Bonchev–Trinajstić information content (AvgIpc) is 2.43. The van der Waals surface area contributed by atoms with Crippen molar-refractivity contribution in [3.05, 3.63) is 27.2 Å². The second kappa shape index (κ2) is 11.3. The lowest BCUT2D eigenvalue weighted by atomic mass is 10.2. The van der Waals surface area contributed by atoms with E-state index in [1.807, 2.05) is 19.1 Å².